The van der Waals surface area contributed by atoms with Crippen molar-refractivity contribution in [2.75, 3.05) is 12.4 Å². The third-order valence-corrected chi connectivity index (χ3v) is 7.57. The number of benzene rings is 4. The van der Waals surface area contributed by atoms with Gasteiger partial charge in [-0.15, -0.1) is 0 Å². The summed E-state index contributed by atoms with van der Waals surface area (Å²) in [5.41, 5.74) is 5.30. The number of H-pyrrole nitrogens is 2. The fourth-order valence-electron chi connectivity index (χ4n) is 5.60. The molecule has 3 N–H and O–H groups in total. The number of rotatable bonds is 0. The highest BCUT2D eigenvalue weighted by atomic mass is 15.1. The Hall–Kier alpha value is -5.63. The van der Waals surface area contributed by atoms with Crippen molar-refractivity contribution in [3.63, 3.8) is 0 Å². The molecule has 0 aliphatic carbocycles. The molecule has 8 rings (SSSR count). The number of amidine groups is 3. The van der Waals surface area contributed by atoms with E-state index in [-0.39, 0.29) is 0 Å². The highest BCUT2D eigenvalue weighted by Gasteiger charge is 2.22. The maximum absolute atomic E-state index is 5.04. The van der Waals surface area contributed by atoms with Crippen molar-refractivity contribution in [1.29, 1.82) is 0 Å². The van der Waals surface area contributed by atoms with Crippen LogP contribution in [0.25, 0.3) is 21.5 Å². The predicted octanol–water partition coefficient (Wildman–Crippen LogP) is 5.43. The summed E-state index contributed by atoms with van der Waals surface area (Å²) in [5.74, 6) is 3.50. The Morgan fingerprint density at radius 3 is 1.88 bits per heavy atom. The van der Waals surface area contributed by atoms with Gasteiger partial charge in [0, 0.05) is 51.8 Å². The summed E-state index contributed by atoms with van der Waals surface area (Å²) in [7, 11) is 1.77. The molecule has 4 aromatic carbocycles. The van der Waals surface area contributed by atoms with E-state index >= 15 is 0 Å². The number of hydrogen-bond donors (Lipinski definition) is 3. The van der Waals surface area contributed by atoms with Gasteiger partial charge in [0.2, 0.25) is 0 Å². The summed E-state index contributed by atoms with van der Waals surface area (Å²) < 4.78 is 0. The van der Waals surface area contributed by atoms with Crippen LogP contribution in [-0.4, -0.2) is 34.5 Å². The summed E-state index contributed by atoms with van der Waals surface area (Å²) in [6.45, 7) is 0.572. The van der Waals surface area contributed by atoms with E-state index in [0.29, 0.717) is 35.0 Å². The van der Waals surface area contributed by atoms with E-state index in [9.17, 15) is 0 Å². The first kappa shape index (κ1) is 23.3. The molecule has 0 saturated carbocycles. The van der Waals surface area contributed by atoms with Crippen LogP contribution in [0.1, 0.15) is 22.3 Å². The van der Waals surface area contributed by atoms with Gasteiger partial charge in [-0.2, -0.15) is 0 Å². The lowest BCUT2D eigenvalue weighted by atomic mass is 10.1. The van der Waals surface area contributed by atoms with Crippen LogP contribution in [0.3, 0.4) is 0 Å². The normalized spacial score (nSPS) is 18.2. The molecule has 0 unspecified atom stereocenters. The number of aromatic amines is 2. The van der Waals surface area contributed by atoms with Crippen LogP contribution in [0, 0.1) is 0 Å². The van der Waals surface area contributed by atoms with Gasteiger partial charge in [0.15, 0.2) is 17.5 Å². The Bertz CT molecular complexity index is 2230. The zero-order valence-corrected chi connectivity index (χ0v) is 22.2. The molecule has 2 aliphatic rings. The Balaban J connectivity index is 1.46. The maximum atomic E-state index is 5.04. The van der Waals surface area contributed by atoms with Crippen LogP contribution in [-0.2, 0) is 6.54 Å². The van der Waals surface area contributed by atoms with E-state index in [1.807, 2.05) is 72.8 Å². The largest absolute Gasteiger partial charge is 0.367 e. The van der Waals surface area contributed by atoms with Crippen LogP contribution >= 0.6 is 0 Å². The summed E-state index contributed by atoms with van der Waals surface area (Å²) >= 11 is 0. The second-order valence-electron chi connectivity index (χ2n) is 9.96. The van der Waals surface area contributed by atoms with Crippen LogP contribution < -0.4 is 16.3 Å². The second-order valence-corrected chi connectivity index (χ2v) is 9.96. The van der Waals surface area contributed by atoms with Crippen molar-refractivity contribution in [3.05, 3.63) is 130 Å². The first-order valence-corrected chi connectivity index (χ1v) is 13.5. The summed E-state index contributed by atoms with van der Waals surface area (Å²) in [6, 6.07) is 32.6. The van der Waals surface area contributed by atoms with Crippen LogP contribution in [0.2, 0.25) is 0 Å². The molecular formula is C33H24N8. The predicted molar refractivity (Wildman–Crippen MR) is 164 cm³/mol. The zero-order chi connectivity index (χ0) is 27.3. The van der Waals surface area contributed by atoms with Gasteiger partial charge in [-0.05, 0) is 5.56 Å². The molecule has 6 aromatic rings. The summed E-state index contributed by atoms with van der Waals surface area (Å²) in [4.78, 5) is 31.6. The number of nitrogens with one attached hydrogen (secondary N) is 3. The Morgan fingerprint density at radius 1 is 0.561 bits per heavy atom. The van der Waals surface area contributed by atoms with Gasteiger partial charge >= 0.3 is 0 Å². The molecule has 2 aliphatic heterocycles. The van der Waals surface area contributed by atoms with Gasteiger partial charge in [-0.25, -0.2) is 20.0 Å². The molecule has 0 radical (unpaired) electrons. The van der Waals surface area contributed by atoms with Crippen molar-refractivity contribution < 1.29 is 0 Å². The molecule has 8 nitrogen and oxygen atoms in total. The van der Waals surface area contributed by atoms with E-state index in [0.717, 1.165) is 55.4 Å². The van der Waals surface area contributed by atoms with Gasteiger partial charge in [0.05, 0.1) is 0 Å². The lowest BCUT2D eigenvalue weighted by Crippen LogP contribution is -2.16. The maximum Gasteiger partial charge on any atom is 0.164 e. The molecule has 6 bridgehead atoms. The van der Waals surface area contributed by atoms with E-state index in [1.165, 1.54) is 0 Å². The van der Waals surface area contributed by atoms with Crippen molar-refractivity contribution in [1.82, 2.24) is 9.97 Å². The summed E-state index contributed by atoms with van der Waals surface area (Å²) in [6.07, 6.45) is 0. The molecule has 0 amide bonds. The van der Waals surface area contributed by atoms with Crippen molar-refractivity contribution in [3.8, 4) is 0 Å². The Morgan fingerprint density at radius 2 is 1.15 bits per heavy atom. The van der Waals surface area contributed by atoms with Crippen molar-refractivity contribution in [2.45, 2.75) is 6.54 Å². The first-order chi connectivity index (χ1) is 20.3. The van der Waals surface area contributed by atoms with E-state index in [4.69, 9.17) is 20.0 Å². The van der Waals surface area contributed by atoms with Gasteiger partial charge < -0.3 is 15.3 Å². The van der Waals surface area contributed by atoms with E-state index in [2.05, 4.69) is 44.5 Å². The number of aliphatic imine (C=N–C) groups is 3. The average molecular weight is 533 g/mol. The third kappa shape index (κ3) is 3.80. The number of anilines is 1. The number of aromatic nitrogens is 2. The number of fused-ring (bicyclic) bond motifs is 15. The molecule has 0 spiro atoms. The minimum atomic E-state index is 0.572. The smallest absolute Gasteiger partial charge is 0.164 e. The molecular weight excluding hydrogens is 508 g/mol. The van der Waals surface area contributed by atoms with Crippen LogP contribution in [0.15, 0.2) is 122 Å². The molecule has 2 aromatic heterocycles. The highest BCUT2D eigenvalue weighted by molar-refractivity contribution is 6.23. The average Bonchev–Trinajstić information content (AvgIpc) is 3.67. The molecule has 0 fully saturated rings. The number of nitrogens with zero attached hydrogens (tertiary/aromatic N) is 5. The summed E-state index contributed by atoms with van der Waals surface area (Å²) in [5, 5.41) is 7.61. The standard InChI is InChI=1S/C33H24N8/c1-34-27-20-11-3-2-10-19(20)18-35-28-21-12-4-5-13-22(21)30(37-28)39-32-25-16-8-9-17-26(25)33(41-32)40-31-24-15-7-6-14-23(24)29(36-27)38-31/h2-17,35,37H,18H2,1H3,(H,34,36,38,39,40,41). The minimum absolute atomic E-state index is 0.572. The highest BCUT2D eigenvalue weighted by Crippen LogP contribution is 2.34. The Labute approximate surface area is 234 Å². The molecule has 8 heteroatoms. The SMILES string of the molecule is C/N=C1/N=c2\[nH]/c(c3ccccc23)=N\C2=NC(=N\c3[nH]c(c4ccccc34)NCc3ccccc31)/c1ccccc12. The second kappa shape index (κ2) is 9.24. The van der Waals surface area contributed by atoms with Gasteiger partial charge in [-0.1, -0.05) is 97.1 Å². The van der Waals surface area contributed by atoms with Crippen LogP contribution in [0.5, 0.6) is 0 Å². The zero-order valence-electron chi connectivity index (χ0n) is 22.2. The molecule has 41 heavy (non-hydrogen) atoms. The van der Waals surface area contributed by atoms with Crippen molar-refractivity contribution >= 4 is 50.7 Å². The van der Waals surface area contributed by atoms with Gasteiger partial charge in [0.1, 0.15) is 22.6 Å². The molecule has 196 valence electrons. The van der Waals surface area contributed by atoms with Gasteiger partial charge in [0.25, 0.3) is 0 Å². The molecule has 4 heterocycles. The quantitative estimate of drug-likeness (QED) is 0.239. The monoisotopic (exact) mass is 532 g/mol. The topological polar surface area (TPSA) is 105 Å². The van der Waals surface area contributed by atoms with E-state index < -0.39 is 0 Å². The fraction of sp³-hybridized carbons (Fsp3) is 0.0606. The fourth-order valence-corrected chi connectivity index (χ4v) is 5.60. The third-order valence-electron chi connectivity index (χ3n) is 7.57. The number of hydrogen-bond acceptors (Lipinski definition) is 5. The first-order valence-electron chi connectivity index (χ1n) is 13.5. The van der Waals surface area contributed by atoms with Crippen molar-refractivity contribution in [2.24, 2.45) is 25.0 Å². The molecule has 0 atom stereocenters. The Kier molecular flexibility index (Phi) is 5.24. The lowest BCUT2D eigenvalue weighted by molar-refractivity contribution is 1.11. The minimum Gasteiger partial charge on any atom is -0.367 e. The molecule has 0 saturated heterocycles. The van der Waals surface area contributed by atoms with Gasteiger partial charge in [-0.3, -0.25) is 4.99 Å². The van der Waals surface area contributed by atoms with Crippen LogP contribution in [0.4, 0.5) is 11.6 Å². The van der Waals surface area contributed by atoms with E-state index in [1.54, 1.807) is 7.05 Å². The lowest BCUT2D eigenvalue weighted by Gasteiger charge is -2.10.